The third-order valence-corrected chi connectivity index (χ3v) is 5.90. The second-order valence-electron chi connectivity index (χ2n) is 7.21. The number of carbonyl (C=O) groups is 1. The lowest BCUT2D eigenvalue weighted by Gasteiger charge is -2.32. The number of fused-ring (bicyclic) bond motifs is 2. The van der Waals surface area contributed by atoms with Gasteiger partial charge in [0.2, 0.25) is 0 Å². The fourth-order valence-corrected chi connectivity index (χ4v) is 5.07. The van der Waals surface area contributed by atoms with Crippen LogP contribution in [-0.4, -0.2) is 25.1 Å². The van der Waals surface area contributed by atoms with Crippen molar-refractivity contribution in [1.29, 1.82) is 0 Å². The van der Waals surface area contributed by atoms with Gasteiger partial charge in [-0.05, 0) is 80.0 Å². The van der Waals surface area contributed by atoms with Crippen LogP contribution in [0, 0.1) is 11.3 Å². The van der Waals surface area contributed by atoms with Crippen LogP contribution in [0.1, 0.15) is 46.5 Å². The van der Waals surface area contributed by atoms with Crippen LogP contribution >= 0.6 is 0 Å². The Balaban J connectivity index is 0.000000526. The van der Waals surface area contributed by atoms with E-state index in [0.29, 0.717) is 5.78 Å². The lowest BCUT2D eigenvalue weighted by molar-refractivity contribution is -0.119. The molecule has 24 heavy (non-hydrogen) atoms. The van der Waals surface area contributed by atoms with Gasteiger partial charge >= 0.3 is 0 Å². The van der Waals surface area contributed by atoms with E-state index in [1.807, 2.05) is 20.9 Å². The fraction of sp³-hybridized carbons (Fsp3) is 0.524. The molecule has 0 radical (unpaired) electrons. The molecule has 3 heteroatoms. The van der Waals surface area contributed by atoms with Crippen molar-refractivity contribution in [3.8, 4) is 0 Å². The maximum Gasteiger partial charge on any atom is 0.161 e. The maximum absolute atomic E-state index is 12.5. The number of aliphatic imine (C=N–C) groups is 1. The van der Waals surface area contributed by atoms with Crippen molar-refractivity contribution >= 4 is 11.5 Å². The number of rotatable bonds is 0. The van der Waals surface area contributed by atoms with Gasteiger partial charge in [0.05, 0.1) is 5.71 Å². The largest absolute Gasteiger partial charge is 0.331 e. The molecule has 0 amide bonds. The van der Waals surface area contributed by atoms with Crippen molar-refractivity contribution in [3.63, 3.8) is 0 Å². The molecule has 0 heterocycles. The van der Waals surface area contributed by atoms with Gasteiger partial charge in [-0.2, -0.15) is 0 Å². The van der Waals surface area contributed by atoms with E-state index in [0.717, 1.165) is 37.1 Å². The van der Waals surface area contributed by atoms with Gasteiger partial charge in [-0.25, -0.2) is 0 Å². The summed E-state index contributed by atoms with van der Waals surface area (Å²) in [5.41, 5.74) is 12.6. The molecule has 4 aliphatic carbocycles. The van der Waals surface area contributed by atoms with Crippen LogP contribution in [0.25, 0.3) is 0 Å². The molecule has 2 N–H and O–H groups in total. The molecule has 0 aromatic carbocycles. The second-order valence-corrected chi connectivity index (χ2v) is 7.21. The Labute approximate surface area is 145 Å². The van der Waals surface area contributed by atoms with Crippen LogP contribution < -0.4 is 5.73 Å². The Morgan fingerprint density at radius 2 is 2.12 bits per heavy atom. The van der Waals surface area contributed by atoms with Gasteiger partial charge in [0.15, 0.2) is 5.78 Å². The van der Waals surface area contributed by atoms with Crippen LogP contribution in [0.3, 0.4) is 0 Å². The molecule has 2 unspecified atom stereocenters. The predicted molar refractivity (Wildman–Crippen MR) is 100 cm³/mol. The van der Waals surface area contributed by atoms with Crippen LogP contribution in [-0.2, 0) is 4.79 Å². The molecule has 1 fully saturated rings. The zero-order chi connectivity index (χ0) is 17.5. The first-order valence-corrected chi connectivity index (χ1v) is 9.04. The highest BCUT2D eigenvalue weighted by molar-refractivity contribution is 6.14. The molecule has 128 valence electrons. The van der Waals surface area contributed by atoms with Gasteiger partial charge in [-0.15, -0.1) is 0 Å². The summed E-state index contributed by atoms with van der Waals surface area (Å²) < 4.78 is 0. The SMILES string of the molecule is C/C=C1\C(=NC)C=CC2=C1CC13CCC(C1)C(=O)C(C)=C23.CCN. The van der Waals surface area contributed by atoms with Gasteiger partial charge in [0.25, 0.3) is 0 Å². The lowest BCUT2D eigenvalue weighted by atomic mass is 9.71. The van der Waals surface area contributed by atoms with Gasteiger partial charge in [0, 0.05) is 18.4 Å². The van der Waals surface area contributed by atoms with Crippen molar-refractivity contribution in [2.45, 2.75) is 46.5 Å². The lowest BCUT2D eigenvalue weighted by Crippen LogP contribution is -2.27. The summed E-state index contributed by atoms with van der Waals surface area (Å²) in [7, 11) is 1.86. The topological polar surface area (TPSA) is 55.5 Å². The van der Waals surface area contributed by atoms with E-state index in [2.05, 4.69) is 30.1 Å². The number of carbonyl (C=O) groups excluding carboxylic acids is 1. The summed E-state index contributed by atoms with van der Waals surface area (Å²) in [6.07, 6.45) is 10.9. The average Bonchev–Trinajstić information content (AvgIpc) is 3.12. The molecule has 3 nitrogen and oxygen atoms in total. The quantitative estimate of drug-likeness (QED) is 0.734. The zero-order valence-electron chi connectivity index (χ0n) is 15.3. The summed E-state index contributed by atoms with van der Waals surface area (Å²) in [5, 5.41) is 0. The van der Waals surface area contributed by atoms with E-state index >= 15 is 0 Å². The van der Waals surface area contributed by atoms with E-state index in [1.54, 1.807) is 0 Å². The summed E-state index contributed by atoms with van der Waals surface area (Å²) in [6, 6.07) is 0. The summed E-state index contributed by atoms with van der Waals surface area (Å²) in [6.45, 7) is 6.79. The third kappa shape index (κ3) is 2.29. The second kappa shape index (κ2) is 6.29. The van der Waals surface area contributed by atoms with Crippen LogP contribution in [0.15, 0.2) is 51.1 Å². The van der Waals surface area contributed by atoms with Crippen molar-refractivity contribution in [2.75, 3.05) is 13.6 Å². The number of hydrogen-bond acceptors (Lipinski definition) is 3. The Hall–Kier alpha value is -1.74. The molecule has 1 spiro atoms. The van der Waals surface area contributed by atoms with Gasteiger partial charge < -0.3 is 5.73 Å². The van der Waals surface area contributed by atoms with Crippen molar-refractivity contribution in [3.05, 3.63) is 46.1 Å². The number of ketones is 1. The first kappa shape index (κ1) is 17.1. The Morgan fingerprint density at radius 3 is 2.75 bits per heavy atom. The highest BCUT2D eigenvalue weighted by Gasteiger charge is 2.54. The molecule has 0 aromatic heterocycles. The molecule has 0 aliphatic heterocycles. The van der Waals surface area contributed by atoms with E-state index in [1.165, 1.54) is 28.7 Å². The molecule has 1 saturated carbocycles. The van der Waals surface area contributed by atoms with Crippen molar-refractivity contribution in [1.82, 2.24) is 0 Å². The minimum absolute atomic E-state index is 0.245. The fourth-order valence-electron chi connectivity index (χ4n) is 5.07. The maximum atomic E-state index is 12.5. The Morgan fingerprint density at radius 1 is 1.42 bits per heavy atom. The highest BCUT2D eigenvalue weighted by atomic mass is 16.1. The van der Waals surface area contributed by atoms with E-state index in [9.17, 15) is 4.79 Å². The number of nitrogens with two attached hydrogens (primary N) is 1. The Kier molecular flexibility index (Phi) is 4.48. The average molecular weight is 324 g/mol. The first-order valence-electron chi connectivity index (χ1n) is 9.04. The Bertz CT molecular complexity index is 733. The highest BCUT2D eigenvalue weighted by Crippen LogP contribution is 2.63. The van der Waals surface area contributed by atoms with E-state index in [-0.39, 0.29) is 11.3 Å². The van der Waals surface area contributed by atoms with Crippen LogP contribution in [0.4, 0.5) is 0 Å². The molecule has 4 aliphatic rings. The molecule has 4 rings (SSSR count). The number of Topliss-reactive ketones (excluding diaryl/α,β-unsaturated/α-hetero) is 1. The number of allylic oxidation sites excluding steroid dienone is 8. The van der Waals surface area contributed by atoms with Crippen molar-refractivity contribution < 1.29 is 4.79 Å². The minimum Gasteiger partial charge on any atom is -0.331 e. The van der Waals surface area contributed by atoms with Gasteiger partial charge in [-0.3, -0.25) is 9.79 Å². The number of hydrogen-bond donors (Lipinski definition) is 1. The van der Waals surface area contributed by atoms with E-state index in [4.69, 9.17) is 5.73 Å². The monoisotopic (exact) mass is 324 g/mol. The molecule has 0 saturated heterocycles. The van der Waals surface area contributed by atoms with Crippen molar-refractivity contribution in [2.24, 2.45) is 22.1 Å². The first-order chi connectivity index (χ1) is 11.5. The smallest absolute Gasteiger partial charge is 0.161 e. The summed E-state index contributed by atoms with van der Waals surface area (Å²) in [5.74, 6) is 0.685. The molecule has 0 aromatic rings. The molecule has 2 atom stereocenters. The molecule has 2 bridgehead atoms. The van der Waals surface area contributed by atoms with Gasteiger partial charge in [-0.1, -0.05) is 19.1 Å². The van der Waals surface area contributed by atoms with Crippen LogP contribution in [0.2, 0.25) is 0 Å². The summed E-state index contributed by atoms with van der Waals surface area (Å²) in [4.78, 5) is 16.9. The predicted octanol–water partition coefficient (Wildman–Crippen LogP) is 3.92. The normalized spacial score (nSPS) is 33.9. The van der Waals surface area contributed by atoms with Gasteiger partial charge in [0.1, 0.15) is 0 Å². The third-order valence-electron chi connectivity index (χ3n) is 5.90. The standard InChI is InChI=1S/C19H21NO.C2H7N/c1-4-13-15-10-19-8-7-12(9-19)18(21)11(2)17(19)14(15)5-6-16(13)20-3;1-2-3/h4-6,12H,7-10H2,1-3H3;2-3H2,1H3/b13-4-,20-16?;. The minimum atomic E-state index is 0.245. The molecular weight excluding hydrogens is 296 g/mol. The van der Waals surface area contributed by atoms with Crippen LogP contribution in [0.5, 0.6) is 0 Å². The number of nitrogens with zero attached hydrogens (tertiary/aromatic N) is 1. The zero-order valence-corrected chi connectivity index (χ0v) is 15.3. The molecular formula is C21H28N2O. The van der Waals surface area contributed by atoms with E-state index < -0.39 is 0 Å². The summed E-state index contributed by atoms with van der Waals surface area (Å²) >= 11 is 0.